The Kier molecular flexibility index (Phi) is 3.52. The van der Waals surface area contributed by atoms with Crippen molar-refractivity contribution < 1.29 is 4.79 Å². The maximum Gasteiger partial charge on any atom is 0.242 e. The third-order valence-corrected chi connectivity index (χ3v) is 3.55. The summed E-state index contributed by atoms with van der Waals surface area (Å²) in [6.45, 7) is 0. The van der Waals surface area contributed by atoms with Crippen molar-refractivity contribution in [2.45, 2.75) is 12.3 Å². The molecule has 0 spiro atoms. The Morgan fingerprint density at radius 1 is 1.25 bits per heavy atom. The molecule has 1 heterocycles. The molecule has 0 unspecified atom stereocenters. The zero-order chi connectivity index (χ0) is 13.9. The van der Waals surface area contributed by atoms with Crippen LogP contribution in [0, 0.1) is 5.92 Å². The van der Waals surface area contributed by atoms with Crippen LogP contribution in [0.4, 0.5) is 5.82 Å². The van der Waals surface area contributed by atoms with Gasteiger partial charge in [-0.2, -0.15) is 0 Å². The average Bonchev–Trinajstić information content (AvgIpc) is 3.27. The zero-order valence-corrected chi connectivity index (χ0v) is 11.3. The molecule has 20 heavy (non-hydrogen) atoms. The van der Waals surface area contributed by atoms with Crippen LogP contribution in [-0.2, 0) is 4.79 Å². The van der Waals surface area contributed by atoms with Crippen molar-refractivity contribution in [3.8, 4) is 0 Å². The first kappa shape index (κ1) is 12.9. The van der Waals surface area contributed by atoms with Crippen molar-refractivity contribution in [2.24, 2.45) is 5.92 Å². The minimum Gasteiger partial charge on any atom is -0.281 e. The van der Waals surface area contributed by atoms with E-state index in [1.165, 1.54) is 0 Å². The highest BCUT2D eigenvalue weighted by Gasteiger charge is 2.43. The Bertz CT molecular complexity index is 602. The molecular weight excluding hydrogens is 276 g/mol. The van der Waals surface area contributed by atoms with Crippen LogP contribution in [0.25, 0.3) is 0 Å². The number of amides is 1. The molecule has 1 aliphatic rings. The maximum absolute atomic E-state index is 12.0. The minimum absolute atomic E-state index is 0.000321. The Morgan fingerprint density at radius 2 is 2.05 bits per heavy atom. The highest BCUT2D eigenvalue weighted by Crippen LogP contribution is 2.47. The van der Waals surface area contributed by atoms with Crippen LogP contribution in [0.5, 0.6) is 0 Å². The van der Waals surface area contributed by atoms with Gasteiger partial charge in [-0.25, -0.2) is 4.98 Å². The van der Waals surface area contributed by atoms with Crippen molar-refractivity contribution in [1.82, 2.24) is 15.4 Å². The Labute approximate surface area is 121 Å². The van der Waals surface area contributed by atoms with E-state index in [0.717, 1.165) is 12.0 Å². The third-order valence-electron chi connectivity index (χ3n) is 3.30. The monoisotopic (exact) mass is 288 g/mol. The summed E-state index contributed by atoms with van der Waals surface area (Å²) in [4.78, 5) is 19.9. The summed E-state index contributed by atoms with van der Waals surface area (Å²) in [6.07, 6.45) is 5.53. The number of halogens is 1. The molecule has 6 heteroatoms. The van der Waals surface area contributed by atoms with Gasteiger partial charge in [0.25, 0.3) is 0 Å². The fourth-order valence-electron chi connectivity index (χ4n) is 2.15. The lowest BCUT2D eigenvalue weighted by molar-refractivity contribution is -0.121. The van der Waals surface area contributed by atoms with Gasteiger partial charge in [-0.3, -0.25) is 20.6 Å². The number of hydrazine groups is 1. The van der Waals surface area contributed by atoms with Gasteiger partial charge in [0.2, 0.25) is 5.91 Å². The van der Waals surface area contributed by atoms with Gasteiger partial charge in [0.15, 0.2) is 5.82 Å². The number of rotatable bonds is 4. The fourth-order valence-corrected chi connectivity index (χ4v) is 2.27. The molecule has 0 bridgehead atoms. The predicted octanol–water partition coefficient (Wildman–Crippen LogP) is 2.38. The summed E-state index contributed by atoms with van der Waals surface area (Å²) < 4.78 is 0. The first-order valence-corrected chi connectivity index (χ1v) is 6.69. The number of carbonyl (C=O) groups is 1. The van der Waals surface area contributed by atoms with Crippen molar-refractivity contribution in [1.29, 1.82) is 0 Å². The van der Waals surface area contributed by atoms with E-state index in [2.05, 4.69) is 20.8 Å². The molecule has 2 N–H and O–H groups in total. The van der Waals surface area contributed by atoms with Gasteiger partial charge in [0.1, 0.15) is 0 Å². The number of hydrogen-bond donors (Lipinski definition) is 2. The fraction of sp³-hybridized carbons (Fsp3) is 0.214. The molecule has 1 aromatic carbocycles. The Morgan fingerprint density at radius 3 is 2.75 bits per heavy atom. The molecule has 5 nitrogen and oxygen atoms in total. The predicted molar refractivity (Wildman–Crippen MR) is 76.1 cm³/mol. The SMILES string of the molecule is O=C(NNc1cnccn1)[C@H]1C[C@@H]1c1ccc(Cl)cc1. The molecule has 1 amide bonds. The quantitative estimate of drug-likeness (QED) is 0.848. The maximum atomic E-state index is 12.0. The lowest BCUT2D eigenvalue weighted by atomic mass is 10.1. The second kappa shape index (κ2) is 5.46. The Hall–Kier alpha value is -2.14. The summed E-state index contributed by atoms with van der Waals surface area (Å²) >= 11 is 5.85. The van der Waals surface area contributed by atoms with Gasteiger partial charge < -0.3 is 0 Å². The smallest absolute Gasteiger partial charge is 0.242 e. The molecule has 0 aliphatic heterocycles. The second-order valence-corrected chi connectivity index (χ2v) is 5.14. The molecule has 1 saturated carbocycles. The van der Waals surface area contributed by atoms with Crippen LogP contribution in [0.2, 0.25) is 5.02 Å². The van der Waals surface area contributed by atoms with Gasteiger partial charge >= 0.3 is 0 Å². The number of carbonyl (C=O) groups excluding carboxylic acids is 1. The topological polar surface area (TPSA) is 66.9 Å². The first-order valence-electron chi connectivity index (χ1n) is 6.31. The second-order valence-electron chi connectivity index (χ2n) is 4.71. The van der Waals surface area contributed by atoms with Crippen molar-refractivity contribution >= 4 is 23.3 Å². The van der Waals surface area contributed by atoms with Gasteiger partial charge in [0.05, 0.1) is 6.20 Å². The van der Waals surface area contributed by atoms with Crippen LogP contribution >= 0.6 is 11.6 Å². The van der Waals surface area contributed by atoms with Crippen LogP contribution in [0.15, 0.2) is 42.9 Å². The average molecular weight is 289 g/mol. The van der Waals surface area contributed by atoms with E-state index in [9.17, 15) is 4.79 Å². The van der Waals surface area contributed by atoms with E-state index in [1.807, 2.05) is 24.3 Å². The van der Waals surface area contributed by atoms with Crippen molar-refractivity contribution in [2.75, 3.05) is 5.43 Å². The third kappa shape index (κ3) is 2.88. The van der Waals surface area contributed by atoms with Crippen LogP contribution in [0.1, 0.15) is 17.9 Å². The highest BCUT2D eigenvalue weighted by atomic mass is 35.5. The molecule has 1 fully saturated rings. The number of anilines is 1. The molecule has 1 aliphatic carbocycles. The summed E-state index contributed by atoms with van der Waals surface area (Å²) in [5.74, 6) is 0.761. The molecule has 2 atom stereocenters. The van der Waals surface area contributed by atoms with E-state index >= 15 is 0 Å². The van der Waals surface area contributed by atoms with E-state index in [-0.39, 0.29) is 17.7 Å². The van der Waals surface area contributed by atoms with Gasteiger partial charge in [-0.05, 0) is 30.0 Å². The summed E-state index contributed by atoms with van der Waals surface area (Å²) in [5.41, 5.74) is 6.55. The van der Waals surface area contributed by atoms with E-state index < -0.39 is 0 Å². The normalized spacial score (nSPS) is 20.2. The van der Waals surface area contributed by atoms with Crippen LogP contribution in [0.3, 0.4) is 0 Å². The summed E-state index contributed by atoms with van der Waals surface area (Å²) in [7, 11) is 0. The van der Waals surface area contributed by atoms with E-state index in [4.69, 9.17) is 11.6 Å². The number of nitrogens with zero attached hydrogens (tertiary/aromatic N) is 2. The van der Waals surface area contributed by atoms with Gasteiger partial charge in [0, 0.05) is 23.3 Å². The molecular formula is C14H13ClN4O. The molecule has 0 saturated heterocycles. The van der Waals surface area contributed by atoms with Crippen LogP contribution < -0.4 is 10.9 Å². The number of benzene rings is 1. The highest BCUT2D eigenvalue weighted by molar-refractivity contribution is 6.30. The number of aromatic nitrogens is 2. The summed E-state index contributed by atoms with van der Waals surface area (Å²) in [6, 6.07) is 7.64. The largest absolute Gasteiger partial charge is 0.281 e. The standard InChI is InChI=1S/C14H13ClN4O/c15-10-3-1-9(2-4-10)11-7-12(11)14(20)19-18-13-8-16-5-6-17-13/h1-6,8,11-12H,7H2,(H,17,18)(H,19,20)/t11-,12+/m1/s1. The number of hydrogen-bond acceptors (Lipinski definition) is 4. The molecule has 1 aromatic heterocycles. The first-order chi connectivity index (χ1) is 9.74. The summed E-state index contributed by atoms with van der Waals surface area (Å²) in [5, 5.41) is 0.708. The van der Waals surface area contributed by atoms with Crippen molar-refractivity contribution in [3.63, 3.8) is 0 Å². The minimum atomic E-state index is -0.0318. The molecule has 102 valence electrons. The van der Waals surface area contributed by atoms with E-state index in [1.54, 1.807) is 18.6 Å². The zero-order valence-electron chi connectivity index (χ0n) is 10.6. The van der Waals surface area contributed by atoms with Crippen LogP contribution in [-0.4, -0.2) is 15.9 Å². The van der Waals surface area contributed by atoms with Crippen molar-refractivity contribution in [3.05, 3.63) is 53.4 Å². The lowest BCUT2D eigenvalue weighted by Gasteiger charge is -2.06. The van der Waals surface area contributed by atoms with Gasteiger partial charge in [-0.1, -0.05) is 23.7 Å². The lowest BCUT2D eigenvalue weighted by Crippen LogP contribution is -2.31. The molecule has 3 rings (SSSR count). The molecule has 0 radical (unpaired) electrons. The van der Waals surface area contributed by atoms with E-state index in [0.29, 0.717) is 10.8 Å². The molecule has 2 aromatic rings. The van der Waals surface area contributed by atoms with Gasteiger partial charge in [-0.15, -0.1) is 0 Å². The number of nitrogens with one attached hydrogen (secondary N) is 2. The Balaban J connectivity index is 1.54.